The van der Waals surface area contributed by atoms with Gasteiger partial charge in [-0.2, -0.15) is 0 Å². The van der Waals surface area contributed by atoms with E-state index in [0.717, 1.165) is 12.8 Å². The van der Waals surface area contributed by atoms with Crippen LogP contribution in [-0.2, 0) is 0 Å². The van der Waals surface area contributed by atoms with Gasteiger partial charge in [0.25, 0.3) is 11.6 Å². The fourth-order valence-corrected chi connectivity index (χ4v) is 1.99. The molecule has 0 aliphatic heterocycles. The van der Waals surface area contributed by atoms with Crippen molar-refractivity contribution in [3.05, 3.63) is 38.9 Å². The maximum absolute atomic E-state index is 11.9. The van der Waals surface area contributed by atoms with Gasteiger partial charge in [-0.25, -0.2) is 0 Å². The molecule has 0 aliphatic carbocycles. The minimum atomic E-state index is -0.615. The van der Waals surface area contributed by atoms with Crippen LogP contribution in [0.1, 0.15) is 30.1 Å². The molecule has 110 valence electrons. The van der Waals surface area contributed by atoms with Crippen LogP contribution in [0.4, 0.5) is 5.69 Å². The Kier molecular flexibility index (Phi) is 6.75. The van der Waals surface area contributed by atoms with E-state index in [9.17, 15) is 14.9 Å². The molecule has 1 rings (SSSR count). The average molecular weight is 319 g/mol. The zero-order valence-corrected chi connectivity index (χ0v) is 12.6. The monoisotopic (exact) mass is 318 g/mol. The number of alkyl halides is 1. The summed E-state index contributed by atoms with van der Waals surface area (Å²) in [6, 6.07) is 3.99. The number of nitro groups is 1. The van der Waals surface area contributed by atoms with E-state index in [1.807, 2.05) is 6.92 Å². The second-order valence-corrected chi connectivity index (χ2v) is 5.32. The number of hydrogen-bond acceptors (Lipinski definition) is 3. The normalized spacial score (nSPS) is 11.9. The van der Waals surface area contributed by atoms with E-state index >= 15 is 0 Å². The summed E-state index contributed by atoms with van der Waals surface area (Å²) >= 11 is 11.4. The fraction of sp³-hybridized carbons (Fsp3) is 0.462. The molecule has 1 aromatic carbocycles. The Hall–Kier alpha value is -1.33. The molecule has 1 unspecified atom stereocenters. The summed E-state index contributed by atoms with van der Waals surface area (Å²) in [7, 11) is 0. The van der Waals surface area contributed by atoms with Crippen LogP contribution in [0.15, 0.2) is 18.2 Å². The minimum absolute atomic E-state index is 0.0183. The molecule has 7 heteroatoms. The summed E-state index contributed by atoms with van der Waals surface area (Å²) in [5.41, 5.74) is -0.270. The van der Waals surface area contributed by atoms with Crippen molar-refractivity contribution in [2.24, 2.45) is 5.92 Å². The molecule has 0 saturated heterocycles. The van der Waals surface area contributed by atoms with Gasteiger partial charge in [0.2, 0.25) is 0 Å². The maximum Gasteiger partial charge on any atom is 0.283 e. The molecule has 20 heavy (non-hydrogen) atoms. The third-order valence-corrected chi connectivity index (χ3v) is 3.59. The molecule has 0 saturated carbocycles. The predicted molar refractivity (Wildman–Crippen MR) is 79.6 cm³/mol. The number of rotatable bonds is 7. The zero-order chi connectivity index (χ0) is 15.1. The SMILES string of the molecule is CC(CCl)CCCNC(=O)c1ccc(Cl)cc1[N+](=O)[O-]. The van der Waals surface area contributed by atoms with Crippen molar-refractivity contribution in [1.82, 2.24) is 5.32 Å². The van der Waals surface area contributed by atoms with Crippen LogP contribution >= 0.6 is 23.2 Å². The highest BCUT2D eigenvalue weighted by atomic mass is 35.5. The highest BCUT2D eigenvalue weighted by Crippen LogP contribution is 2.23. The Balaban J connectivity index is 2.62. The lowest BCUT2D eigenvalue weighted by Crippen LogP contribution is -2.25. The van der Waals surface area contributed by atoms with Crippen LogP contribution < -0.4 is 5.32 Å². The van der Waals surface area contributed by atoms with Gasteiger partial charge in [0.05, 0.1) is 4.92 Å². The fourth-order valence-electron chi connectivity index (χ4n) is 1.67. The Morgan fingerprint density at radius 2 is 2.20 bits per heavy atom. The highest BCUT2D eigenvalue weighted by molar-refractivity contribution is 6.31. The van der Waals surface area contributed by atoms with Crippen LogP contribution in [0.25, 0.3) is 0 Å². The molecule has 5 nitrogen and oxygen atoms in total. The van der Waals surface area contributed by atoms with Crippen LogP contribution in [0.3, 0.4) is 0 Å². The second-order valence-electron chi connectivity index (χ2n) is 4.58. The first kappa shape index (κ1) is 16.7. The molecule has 0 heterocycles. The lowest BCUT2D eigenvalue weighted by molar-refractivity contribution is -0.385. The lowest BCUT2D eigenvalue weighted by Gasteiger charge is -2.08. The summed E-state index contributed by atoms with van der Waals surface area (Å²) in [6.45, 7) is 2.48. The van der Waals surface area contributed by atoms with Crippen LogP contribution in [-0.4, -0.2) is 23.3 Å². The first-order valence-corrected chi connectivity index (χ1v) is 7.15. The van der Waals surface area contributed by atoms with Crippen LogP contribution in [0, 0.1) is 16.0 Å². The minimum Gasteiger partial charge on any atom is -0.352 e. The topological polar surface area (TPSA) is 72.2 Å². The molecule has 1 amide bonds. The smallest absolute Gasteiger partial charge is 0.283 e. The average Bonchev–Trinajstić information content (AvgIpc) is 2.42. The van der Waals surface area contributed by atoms with Gasteiger partial charge in [-0.05, 0) is 30.9 Å². The molecule has 0 radical (unpaired) electrons. The summed E-state index contributed by atoms with van der Waals surface area (Å²) in [6.07, 6.45) is 1.67. The summed E-state index contributed by atoms with van der Waals surface area (Å²) in [5, 5.41) is 13.8. The van der Waals surface area contributed by atoms with E-state index in [2.05, 4.69) is 5.32 Å². The van der Waals surface area contributed by atoms with Crippen LogP contribution in [0.2, 0.25) is 5.02 Å². The van der Waals surface area contributed by atoms with Crippen molar-refractivity contribution in [2.75, 3.05) is 12.4 Å². The maximum atomic E-state index is 11.9. The van der Waals surface area contributed by atoms with E-state index in [1.54, 1.807) is 0 Å². The summed E-state index contributed by atoms with van der Waals surface area (Å²) < 4.78 is 0. The first-order chi connectivity index (χ1) is 9.45. The molecule has 0 aromatic heterocycles. The van der Waals surface area contributed by atoms with Crippen molar-refractivity contribution in [1.29, 1.82) is 0 Å². The van der Waals surface area contributed by atoms with Gasteiger partial charge in [0.15, 0.2) is 0 Å². The molecule has 0 bridgehead atoms. The molecule has 0 fully saturated rings. The Morgan fingerprint density at radius 3 is 2.80 bits per heavy atom. The van der Waals surface area contributed by atoms with Gasteiger partial charge < -0.3 is 5.32 Å². The number of carbonyl (C=O) groups excluding carboxylic acids is 1. The second kappa shape index (κ2) is 8.07. The lowest BCUT2D eigenvalue weighted by atomic mass is 10.1. The third kappa shape index (κ3) is 4.98. The molecule has 1 atom stereocenters. The molecule has 0 aliphatic rings. The number of hydrogen-bond donors (Lipinski definition) is 1. The number of carbonyl (C=O) groups is 1. The third-order valence-electron chi connectivity index (χ3n) is 2.82. The van der Waals surface area contributed by atoms with Crippen molar-refractivity contribution < 1.29 is 9.72 Å². The van der Waals surface area contributed by atoms with Gasteiger partial charge in [-0.15, -0.1) is 11.6 Å². The largest absolute Gasteiger partial charge is 0.352 e. The highest BCUT2D eigenvalue weighted by Gasteiger charge is 2.20. The van der Waals surface area contributed by atoms with Crippen molar-refractivity contribution >= 4 is 34.8 Å². The zero-order valence-electron chi connectivity index (χ0n) is 11.1. The van der Waals surface area contributed by atoms with Crippen molar-refractivity contribution in [3.63, 3.8) is 0 Å². The molecule has 1 N–H and O–H groups in total. The van der Waals surface area contributed by atoms with E-state index in [0.29, 0.717) is 18.3 Å². The van der Waals surface area contributed by atoms with Gasteiger partial charge in [-0.3, -0.25) is 14.9 Å². The van der Waals surface area contributed by atoms with Gasteiger partial charge in [0, 0.05) is 23.5 Å². The van der Waals surface area contributed by atoms with Crippen LogP contribution in [0.5, 0.6) is 0 Å². The first-order valence-electron chi connectivity index (χ1n) is 6.23. The molecule has 1 aromatic rings. The Morgan fingerprint density at radius 1 is 1.50 bits per heavy atom. The number of halogens is 2. The quantitative estimate of drug-likeness (QED) is 0.361. The van der Waals surface area contributed by atoms with Gasteiger partial charge in [0.1, 0.15) is 5.56 Å². The number of benzene rings is 1. The molecule has 0 spiro atoms. The standard InChI is InChI=1S/C13H16Cl2N2O3/c1-9(8-14)3-2-6-16-13(18)11-5-4-10(15)7-12(11)17(19)20/h4-5,7,9H,2-3,6,8H2,1H3,(H,16,18). The number of amides is 1. The summed E-state index contributed by atoms with van der Waals surface area (Å²) in [4.78, 5) is 22.2. The Labute approximate surface area is 127 Å². The predicted octanol–water partition coefficient (Wildman–Crippen LogP) is 3.63. The number of nitro benzene ring substituents is 1. The molecular weight excluding hydrogens is 303 g/mol. The van der Waals surface area contributed by atoms with Gasteiger partial charge in [-0.1, -0.05) is 18.5 Å². The molecular formula is C13H16Cl2N2O3. The summed E-state index contributed by atoms with van der Waals surface area (Å²) in [5.74, 6) is 0.502. The van der Waals surface area contributed by atoms with E-state index in [1.165, 1.54) is 18.2 Å². The van der Waals surface area contributed by atoms with E-state index in [-0.39, 0.29) is 16.3 Å². The van der Waals surface area contributed by atoms with Crippen molar-refractivity contribution in [2.45, 2.75) is 19.8 Å². The van der Waals surface area contributed by atoms with E-state index in [4.69, 9.17) is 23.2 Å². The number of nitrogens with one attached hydrogen (secondary N) is 1. The van der Waals surface area contributed by atoms with Gasteiger partial charge >= 0.3 is 0 Å². The van der Waals surface area contributed by atoms with Crippen molar-refractivity contribution in [3.8, 4) is 0 Å². The Bertz CT molecular complexity index is 495. The van der Waals surface area contributed by atoms with E-state index < -0.39 is 10.8 Å². The number of nitrogens with zero attached hydrogens (tertiary/aromatic N) is 1.